The normalized spacial score (nSPS) is 18.6. The highest BCUT2D eigenvalue weighted by molar-refractivity contribution is 6.00. The third-order valence-corrected chi connectivity index (χ3v) is 7.10. The van der Waals surface area contributed by atoms with Gasteiger partial charge in [0.05, 0.1) is 53.3 Å². The molecule has 4 heterocycles. The Morgan fingerprint density at radius 1 is 1.03 bits per heavy atom. The summed E-state index contributed by atoms with van der Waals surface area (Å²) in [7, 11) is 1.79. The maximum absolute atomic E-state index is 13.4. The number of hydrogen-bond acceptors (Lipinski definition) is 6. The molecule has 0 atom stereocenters. The lowest BCUT2D eigenvalue weighted by atomic mass is 9.92. The molecule has 8 heteroatoms. The standard InChI is InChI=1S/C27H27N5O3/c1-31-24-16-29-23-11-10-22(18-14-17-4-2-3-5-21(17)28-15-18)30-25(23)26(24)32(27(31)34)19-6-8-20(9-7-19)35-13-12-33/h2-5,10-11,14-16,19-20,33H,6-9,12-13H2,1H3/t19-,20-. The maximum Gasteiger partial charge on any atom is 0.329 e. The molecular weight excluding hydrogens is 442 g/mol. The highest BCUT2D eigenvalue weighted by Gasteiger charge is 2.27. The highest BCUT2D eigenvalue weighted by atomic mass is 16.5. The van der Waals surface area contributed by atoms with E-state index in [0.717, 1.165) is 69.9 Å². The van der Waals surface area contributed by atoms with Crippen molar-refractivity contribution in [3.05, 3.63) is 65.3 Å². The SMILES string of the molecule is Cn1c(=O)n([C@H]2CC[C@H](OCCO)CC2)c2c3nc(-c4cnc5ccccc5c4)ccc3ncc21. The zero-order valence-corrected chi connectivity index (χ0v) is 19.6. The fourth-order valence-corrected chi connectivity index (χ4v) is 5.29. The number of aromatic nitrogens is 5. The van der Waals surface area contributed by atoms with Crippen LogP contribution in [-0.4, -0.2) is 48.5 Å². The van der Waals surface area contributed by atoms with Crippen molar-refractivity contribution >= 4 is 33.0 Å². The molecule has 1 fully saturated rings. The minimum Gasteiger partial charge on any atom is -0.394 e. The van der Waals surface area contributed by atoms with Crippen LogP contribution in [0.5, 0.6) is 0 Å². The quantitative estimate of drug-likeness (QED) is 0.418. The van der Waals surface area contributed by atoms with Gasteiger partial charge in [-0.15, -0.1) is 0 Å². The molecule has 1 aromatic carbocycles. The van der Waals surface area contributed by atoms with E-state index in [2.05, 4.69) is 16.0 Å². The first-order valence-corrected chi connectivity index (χ1v) is 12.1. The summed E-state index contributed by atoms with van der Waals surface area (Å²) in [6, 6.07) is 14.1. The number of benzene rings is 1. The van der Waals surface area contributed by atoms with E-state index < -0.39 is 0 Å². The molecule has 178 valence electrons. The second-order valence-corrected chi connectivity index (χ2v) is 9.21. The Balaban J connectivity index is 1.47. The summed E-state index contributed by atoms with van der Waals surface area (Å²) in [5.74, 6) is 0. The summed E-state index contributed by atoms with van der Waals surface area (Å²) in [6.45, 7) is 0.388. The van der Waals surface area contributed by atoms with Crippen LogP contribution in [0.2, 0.25) is 0 Å². The lowest BCUT2D eigenvalue weighted by Crippen LogP contribution is -2.31. The molecule has 0 radical (unpaired) electrons. The van der Waals surface area contributed by atoms with Crippen molar-refractivity contribution in [2.75, 3.05) is 13.2 Å². The van der Waals surface area contributed by atoms with Gasteiger partial charge in [0.2, 0.25) is 0 Å². The Morgan fingerprint density at radius 3 is 2.66 bits per heavy atom. The van der Waals surface area contributed by atoms with Crippen molar-refractivity contribution < 1.29 is 9.84 Å². The molecule has 0 amide bonds. The van der Waals surface area contributed by atoms with Crippen molar-refractivity contribution in [3.8, 4) is 11.3 Å². The molecule has 6 rings (SSSR count). The monoisotopic (exact) mass is 469 g/mol. The molecule has 8 nitrogen and oxygen atoms in total. The molecule has 35 heavy (non-hydrogen) atoms. The molecule has 0 bridgehead atoms. The first-order chi connectivity index (χ1) is 17.1. The number of fused-ring (bicyclic) bond motifs is 4. The van der Waals surface area contributed by atoms with Crippen LogP contribution in [0, 0.1) is 0 Å². The van der Waals surface area contributed by atoms with Crippen molar-refractivity contribution in [2.45, 2.75) is 37.8 Å². The van der Waals surface area contributed by atoms with E-state index in [4.69, 9.17) is 14.8 Å². The highest BCUT2D eigenvalue weighted by Crippen LogP contribution is 2.34. The number of nitrogens with zero attached hydrogens (tertiary/aromatic N) is 5. The Kier molecular flexibility index (Phi) is 5.54. The summed E-state index contributed by atoms with van der Waals surface area (Å²) in [4.78, 5) is 27.6. The van der Waals surface area contributed by atoms with E-state index in [9.17, 15) is 4.79 Å². The van der Waals surface area contributed by atoms with Gasteiger partial charge < -0.3 is 9.84 Å². The van der Waals surface area contributed by atoms with Crippen molar-refractivity contribution in [1.82, 2.24) is 24.1 Å². The maximum atomic E-state index is 13.4. The van der Waals surface area contributed by atoms with Crippen LogP contribution in [0.1, 0.15) is 31.7 Å². The molecule has 1 aliphatic rings. The van der Waals surface area contributed by atoms with Gasteiger partial charge in [-0.1, -0.05) is 18.2 Å². The van der Waals surface area contributed by atoms with E-state index in [-0.39, 0.29) is 24.4 Å². The number of pyridine rings is 3. The average molecular weight is 470 g/mol. The summed E-state index contributed by atoms with van der Waals surface area (Å²) >= 11 is 0. The molecule has 1 N–H and O–H groups in total. The van der Waals surface area contributed by atoms with Crippen LogP contribution in [0.25, 0.3) is 44.2 Å². The summed E-state index contributed by atoms with van der Waals surface area (Å²) < 4.78 is 9.32. The van der Waals surface area contributed by atoms with Crippen LogP contribution in [-0.2, 0) is 11.8 Å². The van der Waals surface area contributed by atoms with Gasteiger partial charge in [-0.25, -0.2) is 9.78 Å². The van der Waals surface area contributed by atoms with Crippen molar-refractivity contribution in [2.24, 2.45) is 7.05 Å². The van der Waals surface area contributed by atoms with Crippen LogP contribution in [0.3, 0.4) is 0 Å². The topological polar surface area (TPSA) is 95.1 Å². The van der Waals surface area contributed by atoms with Gasteiger partial charge >= 0.3 is 5.69 Å². The Labute approximate surface area is 201 Å². The number of aryl methyl sites for hydroxylation is 1. The lowest BCUT2D eigenvalue weighted by Gasteiger charge is -2.29. The number of rotatable bonds is 5. The van der Waals surface area contributed by atoms with Gasteiger partial charge in [-0.3, -0.25) is 19.1 Å². The van der Waals surface area contributed by atoms with Gasteiger partial charge in [0, 0.05) is 30.2 Å². The first-order valence-electron chi connectivity index (χ1n) is 12.1. The van der Waals surface area contributed by atoms with Gasteiger partial charge in [0.15, 0.2) is 0 Å². The van der Waals surface area contributed by atoms with Gasteiger partial charge in [-0.2, -0.15) is 0 Å². The molecule has 0 spiro atoms. The zero-order valence-electron chi connectivity index (χ0n) is 19.6. The van der Waals surface area contributed by atoms with Crippen LogP contribution < -0.4 is 5.69 Å². The molecule has 5 aromatic rings. The molecule has 1 aliphatic carbocycles. The summed E-state index contributed by atoms with van der Waals surface area (Å²) in [6.07, 6.45) is 7.14. The number of aliphatic hydroxyl groups excluding tert-OH is 1. The predicted molar refractivity (Wildman–Crippen MR) is 135 cm³/mol. The van der Waals surface area contributed by atoms with Gasteiger partial charge in [-0.05, 0) is 49.9 Å². The van der Waals surface area contributed by atoms with Crippen LogP contribution in [0.4, 0.5) is 0 Å². The summed E-state index contributed by atoms with van der Waals surface area (Å²) in [5, 5.41) is 10.1. The van der Waals surface area contributed by atoms with E-state index in [0.29, 0.717) is 6.61 Å². The summed E-state index contributed by atoms with van der Waals surface area (Å²) in [5.41, 5.74) is 5.72. The number of hydrogen-bond donors (Lipinski definition) is 1. The first kappa shape index (κ1) is 21.9. The Bertz CT molecular complexity index is 1600. The molecule has 0 saturated heterocycles. The third kappa shape index (κ3) is 3.79. The van der Waals surface area contributed by atoms with E-state index >= 15 is 0 Å². The largest absolute Gasteiger partial charge is 0.394 e. The van der Waals surface area contributed by atoms with Gasteiger partial charge in [0.25, 0.3) is 0 Å². The molecule has 4 aromatic heterocycles. The number of para-hydroxylation sites is 1. The van der Waals surface area contributed by atoms with E-state index in [1.54, 1.807) is 17.8 Å². The van der Waals surface area contributed by atoms with Crippen LogP contribution in [0.15, 0.2) is 59.7 Å². The Morgan fingerprint density at radius 2 is 1.83 bits per heavy atom. The second kappa shape index (κ2) is 8.87. The van der Waals surface area contributed by atoms with E-state index in [1.165, 1.54) is 0 Å². The van der Waals surface area contributed by atoms with Crippen molar-refractivity contribution in [3.63, 3.8) is 0 Å². The minimum absolute atomic E-state index is 0.0302. The number of ether oxygens (including phenoxy) is 1. The fourth-order valence-electron chi connectivity index (χ4n) is 5.29. The third-order valence-electron chi connectivity index (χ3n) is 7.10. The minimum atomic E-state index is -0.0476. The smallest absolute Gasteiger partial charge is 0.329 e. The Hall–Kier alpha value is -3.62. The zero-order chi connectivity index (χ0) is 23.9. The fraction of sp³-hybridized carbons (Fsp3) is 0.333. The molecular formula is C27H27N5O3. The average Bonchev–Trinajstić information content (AvgIpc) is 3.17. The molecule has 0 aliphatic heterocycles. The second-order valence-electron chi connectivity index (χ2n) is 9.21. The lowest BCUT2D eigenvalue weighted by molar-refractivity contribution is 0.00168. The predicted octanol–water partition coefficient (Wildman–Crippen LogP) is 3.99. The van der Waals surface area contributed by atoms with Crippen molar-refractivity contribution in [1.29, 1.82) is 0 Å². The molecule has 0 unspecified atom stereocenters. The van der Waals surface area contributed by atoms with E-state index in [1.807, 2.05) is 47.2 Å². The van der Waals surface area contributed by atoms with Crippen LogP contribution >= 0.6 is 0 Å². The molecule has 1 saturated carbocycles. The number of aliphatic hydroxyl groups is 1. The van der Waals surface area contributed by atoms with Gasteiger partial charge in [0.1, 0.15) is 5.52 Å². The number of imidazole rings is 1.